The Morgan fingerprint density at radius 3 is 2.44 bits per heavy atom. The second-order valence-corrected chi connectivity index (χ2v) is 6.10. The third-order valence-corrected chi connectivity index (χ3v) is 3.83. The van der Waals surface area contributed by atoms with Gasteiger partial charge >= 0.3 is 0 Å². The first kappa shape index (κ1) is 18.6. The van der Waals surface area contributed by atoms with Crippen LogP contribution in [0.15, 0.2) is 36.4 Å². The number of aryl methyl sites for hydroxylation is 1. The van der Waals surface area contributed by atoms with E-state index in [1.807, 2.05) is 25.1 Å². The van der Waals surface area contributed by atoms with Crippen molar-refractivity contribution in [1.29, 1.82) is 0 Å². The van der Waals surface area contributed by atoms with Crippen molar-refractivity contribution in [2.24, 2.45) is 0 Å². The fourth-order valence-corrected chi connectivity index (χ4v) is 2.48. The second kappa shape index (κ2) is 8.42. The smallest absolute Gasteiger partial charge is 0.262 e. The molecule has 0 saturated carbocycles. The highest BCUT2D eigenvalue weighted by Crippen LogP contribution is 2.29. The molecule has 0 bridgehead atoms. The van der Waals surface area contributed by atoms with E-state index < -0.39 is 0 Å². The van der Waals surface area contributed by atoms with Gasteiger partial charge in [0.2, 0.25) is 0 Å². The minimum Gasteiger partial charge on any atom is -0.497 e. The van der Waals surface area contributed by atoms with Crippen molar-refractivity contribution in [2.45, 2.75) is 26.7 Å². The van der Waals surface area contributed by atoms with Crippen molar-refractivity contribution < 1.29 is 19.0 Å². The molecule has 2 aromatic rings. The fraction of sp³-hybridized carbons (Fsp3) is 0.350. The van der Waals surface area contributed by atoms with Crippen LogP contribution >= 0.6 is 0 Å². The number of rotatable bonds is 7. The highest BCUT2D eigenvalue weighted by molar-refractivity contribution is 5.93. The van der Waals surface area contributed by atoms with Crippen LogP contribution < -0.4 is 19.5 Å². The van der Waals surface area contributed by atoms with E-state index in [-0.39, 0.29) is 12.5 Å². The van der Waals surface area contributed by atoms with Crippen LogP contribution in [0.25, 0.3) is 0 Å². The lowest BCUT2D eigenvalue weighted by Gasteiger charge is -2.15. The molecule has 5 nitrogen and oxygen atoms in total. The van der Waals surface area contributed by atoms with Gasteiger partial charge in [0.05, 0.1) is 19.9 Å². The minimum atomic E-state index is -0.261. The molecule has 0 aliphatic rings. The summed E-state index contributed by atoms with van der Waals surface area (Å²) in [6, 6.07) is 11.3. The maximum Gasteiger partial charge on any atom is 0.262 e. The first-order valence-corrected chi connectivity index (χ1v) is 8.19. The molecule has 0 heterocycles. The molecule has 1 N–H and O–H groups in total. The van der Waals surface area contributed by atoms with E-state index in [1.54, 1.807) is 32.4 Å². The van der Waals surface area contributed by atoms with E-state index in [2.05, 4.69) is 19.2 Å². The third-order valence-electron chi connectivity index (χ3n) is 3.83. The number of carbonyl (C=O) groups excluding carboxylic acids is 1. The standard InChI is InChI=1S/C20H25NO4/c1-13(2)16-8-6-14(3)10-19(16)25-12-20(22)21-17-11-15(23-4)7-9-18(17)24-5/h6-11,13H,12H2,1-5H3,(H,21,22). The molecular weight excluding hydrogens is 318 g/mol. The molecule has 0 aliphatic heterocycles. The van der Waals surface area contributed by atoms with Gasteiger partial charge in [-0.25, -0.2) is 0 Å². The van der Waals surface area contributed by atoms with E-state index in [4.69, 9.17) is 14.2 Å². The number of benzene rings is 2. The Labute approximate surface area is 148 Å². The Kier molecular flexibility index (Phi) is 6.28. The van der Waals surface area contributed by atoms with Gasteiger partial charge in [0.25, 0.3) is 5.91 Å². The average molecular weight is 343 g/mol. The summed E-state index contributed by atoms with van der Waals surface area (Å²) >= 11 is 0. The second-order valence-electron chi connectivity index (χ2n) is 6.10. The molecule has 0 fully saturated rings. The van der Waals surface area contributed by atoms with Crippen LogP contribution in [0, 0.1) is 6.92 Å². The largest absolute Gasteiger partial charge is 0.497 e. The summed E-state index contributed by atoms with van der Waals surface area (Å²) in [6.45, 7) is 6.11. The van der Waals surface area contributed by atoms with Crippen LogP contribution in [0.2, 0.25) is 0 Å². The minimum absolute atomic E-state index is 0.0798. The summed E-state index contributed by atoms with van der Waals surface area (Å²) in [5, 5.41) is 2.80. The van der Waals surface area contributed by atoms with Gasteiger partial charge in [0.1, 0.15) is 17.2 Å². The van der Waals surface area contributed by atoms with Gasteiger partial charge < -0.3 is 19.5 Å². The summed E-state index contributed by atoms with van der Waals surface area (Å²) in [6.07, 6.45) is 0. The van der Waals surface area contributed by atoms with E-state index in [0.29, 0.717) is 23.1 Å². The Morgan fingerprint density at radius 1 is 1.04 bits per heavy atom. The van der Waals surface area contributed by atoms with Gasteiger partial charge in [0.15, 0.2) is 6.61 Å². The van der Waals surface area contributed by atoms with E-state index in [0.717, 1.165) is 16.9 Å². The Balaban J connectivity index is 2.08. The molecule has 0 aliphatic carbocycles. The van der Waals surface area contributed by atoms with Crippen molar-refractivity contribution in [3.05, 3.63) is 47.5 Å². The number of methoxy groups -OCH3 is 2. The zero-order valence-electron chi connectivity index (χ0n) is 15.4. The van der Waals surface area contributed by atoms with Gasteiger partial charge in [-0.2, -0.15) is 0 Å². The van der Waals surface area contributed by atoms with Crippen LogP contribution in [0.3, 0.4) is 0 Å². The zero-order valence-corrected chi connectivity index (χ0v) is 15.4. The lowest BCUT2D eigenvalue weighted by molar-refractivity contribution is -0.118. The first-order valence-electron chi connectivity index (χ1n) is 8.19. The van der Waals surface area contributed by atoms with Gasteiger partial charge in [-0.3, -0.25) is 4.79 Å². The summed E-state index contributed by atoms with van der Waals surface area (Å²) in [5.41, 5.74) is 2.72. The van der Waals surface area contributed by atoms with Crippen molar-refractivity contribution in [2.75, 3.05) is 26.1 Å². The molecule has 25 heavy (non-hydrogen) atoms. The van der Waals surface area contributed by atoms with E-state index in [1.165, 1.54) is 0 Å². The molecule has 134 valence electrons. The Morgan fingerprint density at radius 2 is 1.80 bits per heavy atom. The summed E-state index contributed by atoms with van der Waals surface area (Å²) in [5.74, 6) is 1.99. The predicted octanol–water partition coefficient (Wildman–Crippen LogP) is 4.15. The van der Waals surface area contributed by atoms with Crippen LogP contribution in [0.1, 0.15) is 30.9 Å². The van der Waals surface area contributed by atoms with Crippen molar-refractivity contribution in [3.8, 4) is 17.2 Å². The molecule has 0 radical (unpaired) electrons. The third kappa shape index (κ3) is 4.89. The lowest BCUT2D eigenvalue weighted by atomic mass is 10.0. The van der Waals surface area contributed by atoms with Crippen LogP contribution in [0.4, 0.5) is 5.69 Å². The van der Waals surface area contributed by atoms with Crippen molar-refractivity contribution in [1.82, 2.24) is 0 Å². The molecule has 0 aromatic heterocycles. The Hall–Kier alpha value is -2.69. The lowest BCUT2D eigenvalue weighted by Crippen LogP contribution is -2.21. The number of amides is 1. The molecule has 1 amide bonds. The van der Waals surface area contributed by atoms with E-state index in [9.17, 15) is 4.79 Å². The monoisotopic (exact) mass is 343 g/mol. The number of hydrogen-bond acceptors (Lipinski definition) is 4. The maximum atomic E-state index is 12.3. The molecule has 5 heteroatoms. The normalized spacial score (nSPS) is 10.5. The number of anilines is 1. The molecule has 0 atom stereocenters. The predicted molar refractivity (Wildman–Crippen MR) is 98.9 cm³/mol. The molecule has 0 unspecified atom stereocenters. The van der Waals surface area contributed by atoms with Gasteiger partial charge in [0, 0.05) is 6.07 Å². The average Bonchev–Trinajstić information content (AvgIpc) is 2.59. The number of carbonyl (C=O) groups is 1. The van der Waals surface area contributed by atoms with Crippen molar-refractivity contribution in [3.63, 3.8) is 0 Å². The molecule has 0 spiro atoms. The highest BCUT2D eigenvalue weighted by atomic mass is 16.5. The number of ether oxygens (including phenoxy) is 3. The zero-order chi connectivity index (χ0) is 18.4. The molecule has 0 saturated heterocycles. The van der Waals surface area contributed by atoms with Gasteiger partial charge in [-0.1, -0.05) is 26.0 Å². The van der Waals surface area contributed by atoms with Crippen LogP contribution in [-0.4, -0.2) is 26.7 Å². The van der Waals surface area contributed by atoms with Crippen LogP contribution in [-0.2, 0) is 4.79 Å². The number of nitrogens with one attached hydrogen (secondary N) is 1. The quantitative estimate of drug-likeness (QED) is 0.820. The van der Waals surface area contributed by atoms with Gasteiger partial charge in [-0.15, -0.1) is 0 Å². The Bertz CT molecular complexity index is 740. The highest BCUT2D eigenvalue weighted by Gasteiger charge is 2.12. The first-order chi connectivity index (χ1) is 11.9. The maximum absolute atomic E-state index is 12.3. The van der Waals surface area contributed by atoms with Crippen molar-refractivity contribution >= 4 is 11.6 Å². The van der Waals surface area contributed by atoms with Gasteiger partial charge in [-0.05, 0) is 42.2 Å². The molecule has 2 aromatic carbocycles. The SMILES string of the molecule is COc1ccc(OC)c(NC(=O)COc2cc(C)ccc2C(C)C)c1. The summed E-state index contributed by atoms with van der Waals surface area (Å²) in [4.78, 5) is 12.3. The van der Waals surface area contributed by atoms with E-state index >= 15 is 0 Å². The molecule has 2 rings (SSSR count). The fourth-order valence-electron chi connectivity index (χ4n) is 2.48. The topological polar surface area (TPSA) is 56.8 Å². The summed E-state index contributed by atoms with van der Waals surface area (Å²) in [7, 11) is 3.12. The molecular formula is C20H25NO4. The van der Waals surface area contributed by atoms with Crippen LogP contribution in [0.5, 0.6) is 17.2 Å². The summed E-state index contributed by atoms with van der Waals surface area (Å²) < 4.78 is 16.2. The number of hydrogen-bond donors (Lipinski definition) is 1.